The Hall–Kier alpha value is -0.660. The molecule has 0 radical (unpaired) electrons. The maximum atomic E-state index is 11.3. The van der Waals surface area contributed by atoms with Gasteiger partial charge in [0.25, 0.3) is 0 Å². The lowest BCUT2D eigenvalue weighted by molar-refractivity contribution is 0.588. The van der Waals surface area contributed by atoms with Gasteiger partial charge in [0.05, 0.1) is 6.20 Å². The molecule has 84 valence electrons. The van der Waals surface area contributed by atoms with Crippen LogP contribution < -0.4 is 10.2 Å². The molecule has 1 aliphatic heterocycles. The SMILES string of the molecule is CS(=O)(=O)c1cnc(N2CCNCC2)s1. The van der Waals surface area contributed by atoms with E-state index in [1.807, 2.05) is 0 Å². The summed E-state index contributed by atoms with van der Waals surface area (Å²) >= 11 is 1.25. The first-order valence-corrected chi connectivity index (χ1v) is 7.40. The molecule has 15 heavy (non-hydrogen) atoms. The van der Waals surface area contributed by atoms with Crippen molar-refractivity contribution in [2.45, 2.75) is 4.21 Å². The van der Waals surface area contributed by atoms with Crippen molar-refractivity contribution in [1.82, 2.24) is 10.3 Å². The van der Waals surface area contributed by atoms with E-state index in [0.717, 1.165) is 31.3 Å². The maximum Gasteiger partial charge on any atom is 0.186 e. The number of hydrogen-bond donors (Lipinski definition) is 1. The topological polar surface area (TPSA) is 62.3 Å². The van der Waals surface area contributed by atoms with Crippen LogP contribution in [0.1, 0.15) is 0 Å². The average Bonchev–Trinajstić information content (AvgIpc) is 2.67. The summed E-state index contributed by atoms with van der Waals surface area (Å²) in [5.74, 6) is 0. The quantitative estimate of drug-likeness (QED) is 0.794. The van der Waals surface area contributed by atoms with Gasteiger partial charge < -0.3 is 10.2 Å². The largest absolute Gasteiger partial charge is 0.346 e. The van der Waals surface area contributed by atoms with Crippen LogP contribution >= 0.6 is 11.3 Å². The minimum absolute atomic E-state index is 0.344. The number of hydrogen-bond acceptors (Lipinski definition) is 6. The molecule has 1 aliphatic rings. The second kappa shape index (κ2) is 4.07. The van der Waals surface area contributed by atoms with Crippen LogP contribution in [0.2, 0.25) is 0 Å². The smallest absolute Gasteiger partial charge is 0.186 e. The molecule has 2 rings (SSSR count). The third-order valence-corrected chi connectivity index (χ3v) is 5.07. The van der Waals surface area contributed by atoms with Gasteiger partial charge in [-0.05, 0) is 0 Å². The summed E-state index contributed by atoms with van der Waals surface area (Å²) in [5.41, 5.74) is 0. The monoisotopic (exact) mass is 247 g/mol. The summed E-state index contributed by atoms with van der Waals surface area (Å²) in [6, 6.07) is 0. The van der Waals surface area contributed by atoms with Crippen LogP contribution in [-0.2, 0) is 9.84 Å². The maximum absolute atomic E-state index is 11.3. The van der Waals surface area contributed by atoms with Crippen LogP contribution in [0.5, 0.6) is 0 Å². The predicted octanol–water partition coefficient (Wildman–Crippen LogP) is -0.0438. The van der Waals surface area contributed by atoms with Gasteiger partial charge in [-0.25, -0.2) is 13.4 Å². The van der Waals surface area contributed by atoms with Gasteiger partial charge in [0.2, 0.25) is 0 Å². The van der Waals surface area contributed by atoms with E-state index in [-0.39, 0.29) is 0 Å². The summed E-state index contributed by atoms with van der Waals surface area (Å²) in [6.07, 6.45) is 2.65. The first kappa shape index (κ1) is 10.8. The van der Waals surface area contributed by atoms with Crippen LogP contribution in [0.3, 0.4) is 0 Å². The molecule has 2 heterocycles. The lowest BCUT2D eigenvalue weighted by atomic mass is 10.4. The Morgan fingerprint density at radius 1 is 1.47 bits per heavy atom. The minimum Gasteiger partial charge on any atom is -0.346 e. The van der Waals surface area contributed by atoms with E-state index in [4.69, 9.17) is 0 Å². The highest BCUT2D eigenvalue weighted by molar-refractivity contribution is 7.92. The summed E-state index contributed by atoms with van der Waals surface area (Å²) < 4.78 is 22.9. The molecular weight excluding hydrogens is 234 g/mol. The molecule has 1 saturated heterocycles. The summed E-state index contributed by atoms with van der Waals surface area (Å²) in [5, 5.41) is 4.04. The van der Waals surface area contributed by atoms with Crippen LogP contribution in [0.15, 0.2) is 10.4 Å². The molecule has 0 atom stereocenters. The van der Waals surface area contributed by atoms with E-state index < -0.39 is 9.84 Å². The van der Waals surface area contributed by atoms with Gasteiger partial charge in [-0.15, -0.1) is 0 Å². The van der Waals surface area contributed by atoms with Crippen molar-refractivity contribution in [3.8, 4) is 0 Å². The van der Waals surface area contributed by atoms with E-state index in [9.17, 15) is 8.42 Å². The molecule has 0 spiro atoms. The van der Waals surface area contributed by atoms with Crippen LogP contribution in [0.4, 0.5) is 5.13 Å². The fraction of sp³-hybridized carbons (Fsp3) is 0.625. The van der Waals surface area contributed by atoms with E-state index >= 15 is 0 Å². The fourth-order valence-electron chi connectivity index (χ4n) is 1.42. The molecule has 0 bridgehead atoms. The number of nitrogens with zero attached hydrogens (tertiary/aromatic N) is 2. The molecule has 0 unspecified atom stereocenters. The normalized spacial score (nSPS) is 18.1. The van der Waals surface area contributed by atoms with Crippen molar-refractivity contribution in [1.29, 1.82) is 0 Å². The molecule has 1 aromatic rings. The van der Waals surface area contributed by atoms with Crippen LogP contribution in [0, 0.1) is 0 Å². The van der Waals surface area contributed by atoms with Crippen molar-refractivity contribution in [2.75, 3.05) is 37.3 Å². The number of sulfone groups is 1. The Bertz CT molecular complexity index is 434. The first-order valence-electron chi connectivity index (χ1n) is 4.69. The Morgan fingerprint density at radius 3 is 2.67 bits per heavy atom. The van der Waals surface area contributed by atoms with Crippen molar-refractivity contribution in [3.63, 3.8) is 0 Å². The fourth-order valence-corrected chi connectivity index (χ4v) is 3.20. The Labute approximate surface area is 93.0 Å². The first-order chi connectivity index (χ1) is 7.07. The Kier molecular flexibility index (Phi) is 2.94. The third-order valence-electron chi connectivity index (χ3n) is 2.23. The zero-order chi connectivity index (χ0) is 10.9. The number of aromatic nitrogens is 1. The second-order valence-corrected chi connectivity index (χ2v) is 6.72. The molecule has 0 amide bonds. The van der Waals surface area contributed by atoms with Gasteiger partial charge in [-0.3, -0.25) is 0 Å². The lowest BCUT2D eigenvalue weighted by Crippen LogP contribution is -2.43. The highest BCUT2D eigenvalue weighted by Gasteiger charge is 2.17. The minimum atomic E-state index is -3.11. The number of piperazine rings is 1. The zero-order valence-electron chi connectivity index (χ0n) is 8.43. The third kappa shape index (κ3) is 2.47. The zero-order valence-corrected chi connectivity index (χ0v) is 10.1. The van der Waals surface area contributed by atoms with Crippen molar-refractivity contribution in [3.05, 3.63) is 6.20 Å². The highest BCUT2D eigenvalue weighted by atomic mass is 32.2. The van der Waals surface area contributed by atoms with Gasteiger partial charge >= 0.3 is 0 Å². The molecule has 1 N–H and O–H groups in total. The van der Waals surface area contributed by atoms with E-state index in [1.54, 1.807) is 0 Å². The van der Waals surface area contributed by atoms with E-state index in [0.29, 0.717) is 4.21 Å². The number of nitrogens with one attached hydrogen (secondary N) is 1. The summed E-state index contributed by atoms with van der Waals surface area (Å²) in [4.78, 5) is 6.25. The molecule has 0 saturated carbocycles. The molecule has 0 aromatic carbocycles. The molecule has 1 aromatic heterocycles. The molecule has 1 fully saturated rings. The van der Waals surface area contributed by atoms with Gasteiger partial charge in [0, 0.05) is 32.4 Å². The van der Waals surface area contributed by atoms with Gasteiger partial charge in [0.15, 0.2) is 15.0 Å². The van der Waals surface area contributed by atoms with Crippen LogP contribution in [-0.4, -0.2) is 45.8 Å². The van der Waals surface area contributed by atoms with Crippen molar-refractivity contribution < 1.29 is 8.42 Å². The van der Waals surface area contributed by atoms with E-state index in [2.05, 4.69) is 15.2 Å². The average molecular weight is 247 g/mol. The summed E-state index contributed by atoms with van der Waals surface area (Å²) in [6.45, 7) is 3.62. The summed E-state index contributed by atoms with van der Waals surface area (Å²) in [7, 11) is -3.11. The Balaban J connectivity index is 2.19. The van der Waals surface area contributed by atoms with Gasteiger partial charge in [-0.1, -0.05) is 11.3 Å². The van der Waals surface area contributed by atoms with E-state index in [1.165, 1.54) is 23.8 Å². The molecule has 5 nitrogen and oxygen atoms in total. The Morgan fingerprint density at radius 2 is 2.13 bits per heavy atom. The standard InChI is InChI=1S/C8H13N3O2S2/c1-15(12,13)7-6-10-8(14-7)11-4-2-9-3-5-11/h6,9H,2-5H2,1H3. The lowest BCUT2D eigenvalue weighted by Gasteiger charge is -2.26. The van der Waals surface area contributed by atoms with Gasteiger partial charge in [-0.2, -0.15) is 0 Å². The van der Waals surface area contributed by atoms with Crippen LogP contribution in [0.25, 0.3) is 0 Å². The molecular formula is C8H13N3O2S2. The highest BCUT2D eigenvalue weighted by Crippen LogP contribution is 2.25. The number of rotatable bonds is 2. The second-order valence-electron chi connectivity index (χ2n) is 3.47. The number of thiazole rings is 1. The molecule has 7 heteroatoms. The molecule has 0 aliphatic carbocycles. The number of anilines is 1. The predicted molar refractivity (Wildman–Crippen MR) is 60.3 cm³/mol. The van der Waals surface area contributed by atoms with Gasteiger partial charge in [0.1, 0.15) is 4.21 Å². The van der Waals surface area contributed by atoms with Crippen molar-refractivity contribution >= 4 is 26.3 Å². The van der Waals surface area contributed by atoms with Crippen molar-refractivity contribution in [2.24, 2.45) is 0 Å².